The zero-order valence-electron chi connectivity index (χ0n) is 10.7. The van der Waals surface area contributed by atoms with Crippen molar-refractivity contribution in [2.24, 2.45) is 0 Å². The first-order valence-electron chi connectivity index (χ1n) is 6.00. The summed E-state index contributed by atoms with van der Waals surface area (Å²) in [7, 11) is 0. The highest BCUT2D eigenvalue weighted by Crippen LogP contribution is 2.24. The average Bonchev–Trinajstić information content (AvgIpc) is 2.77. The van der Waals surface area contributed by atoms with Crippen LogP contribution in [0.5, 0.6) is 11.5 Å². The Labute approximate surface area is 118 Å². The van der Waals surface area contributed by atoms with Crippen molar-refractivity contribution in [3.8, 4) is 11.5 Å². The van der Waals surface area contributed by atoms with E-state index in [0.717, 1.165) is 0 Å². The summed E-state index contributed by atoms with van der Waals surface area (Å²) in [5.74, 6) is 1.20. The van der Waals surface area contributed by atoms with E-state index in [0.29, 0.717) is 22.8 Å². The Morgan fingerprint density at radius 1 is 1.29 bits per heavy atom. The molecular weight excluding hydrogens is 274 g/mol. The summed E-state index contributed by atoms with van der Waals surface area (Å²) in [5, 5.41) is 14.9. The summed E-state index contributed by atoms with van der Waals surface area (Å²) < 4.78 is 7.16. The molecule has 0 saturated heterocycles. The standard InChI is InChI=1S/C13H11N5O3/c14-12-16-11-5-4-10(7-18(11)17-12)21-9-3-1-2-8(6-9)15-13(19)20/h1-7,15H,(H2,14,17)(H,19,20). The first kappa shape index (κ1) is 12.7. The number of nitrogens with zero attached hydrogens (tertiary/aromatic N) is 3. The Morgan fingerprint density at radius 2 is 2.14 bits per heavy atom. The number of pyridine rings is 1. The molecule has 8 heteroatoms. The average molecular weight is 285 g/mol. The van der Waals surface area contributed by atoms with Gasteiger partial charge in [-0.25, -0.2) is 9.31 Å². The molecule has 0 radical (unpaired) electrons. The van der Waals surface area contributed by atoms with Crippen molar-refractivity contribution in [1.29, 1.82) is 0 Å². The number of hydrogen-bond acceptors (Lipinski definition) is 5. The van der Waals surface area contributed by atoms with E-state index in [-0.39, 0.29) is 5.95 Å². The van der Waals surface area contributed by atoms with Gasteiger partial charge in [-0.05, 0) is 24.3 Å². The molecule has 21 heavy (non-hydrogen) atoms. The molecule has 0 aliphatic heterocycles. The number of nitrogens with two attached hydrogens (primary N) is 1. The predicted octanol–water partition coefficient (Wildman–Crippen LogP) is 2.19. The predicted molar refractivity (Wildman–Crippen MR) is 75.6 cm³/mol. The fourth-order valence-electron chi connectivity index (χ4n) is 1.84. The van der Waals surface area contributed by atoms with Gasteiger partial charge in [0.25, 0.3) is 0 Å². The van der Waals surface area contributed by atoms with Crippen molar-refractivity contribution >= 4 is 23.4 Å². The van der Waals surface area contributed by atoms with Crippen LogP contribution >= 0.6 is 0 Å². The number of hydrogen-bond donors (Lipinski definition) is 3. The highest BCUT2D eigenvalue weighted by atomic mass is 16.5. The minimum Gasteiger partial charge on any atom is -0.465 e. The van der Waals surface area contributed by atoms with E-state index >= 15 is 0 Å². The van der Waals surface area contributed by atoms with Crippen LogP contribution in [0.3, 0.4) is 0 Å². The van der Waals surface area contributed by atoms with Gasteiger partial charge in [-0.15, -0.1) is 5.10 Å². The number of nitrogen functional groups attached to an aromatic ring is 1. The van der Waals surface area contributed by atoms with Crippen LogP contribution in [0, 0.1) is 0 Å². The minimum absolute atomic E-state index is 0.180. The second-order valence-electron chi connectivity index (χ2n) is 4.20. The maximum atomic E-state index is 10.6. The van der Waals surface area contributed by atoms with E-state index < -0.39 is 6.09 Å². The van der Waals surface area contributed by atoms with Crippen LogP contribution < -0.4 is 15.8 Å². The normalized spacial score (nSPS) is 10.5. The number of fused-ring (bicyclic) bond motifs is 1. The van der Waals surface area contributed by atoms with Gasteiger partial charge in [0, 0.05) is 11.8 Å². The molecule has 3 aromatic rings. The van der Waals surface area contributed by atoms with Crippen LogP contribution in [0.2, 0.25) is 0 Å². The smallest absolute Gasteiger partial charge is 0.409 e. The van der Waals surface area contributed by atoms with Gasteiger partial charge in [-0.2, -0.15) is 4.98 Å². The molecule has 1 aromatic carbocycles. The minimum atomic E-state index is -1.13. The van der Waals surface area contributed by atoms with Crippen molar-refractivity contribution in [2.75, 3.05) is 11.1 Å². The monoisotopic (exact) mass is 285 g/mol. The fraction of sp³-hybridized carbons (Fsp3) is 0. The summed E-state index contributed by atoms with van der Waals surface area (Å²) in [4.78, 5) is 14.6. The molecule has 1 amide bonds. The third kappa shape index (κ3) is 2.84. The molecule has 0 spiro atoms. The maximum absolute atomic E-state index is 10.6. The van der Waals surface area contributed by atoms with Crippen molar-refractivity contribution in [3.05, 3.63) is 42.6 Å². The first-order valence-corrected chi connectivity index (χ1v) is 6.00. The molecule has 0 atom stereocenters. The SMILES string of the molecule is Nc1nc2ccc(Oc3cccc(NC(=O)O)c3)cn2n1. The molecule has 106 valence electrons. The van der Waals surface area contributed by atoms with Gasteiger partial charge in [0.15, 0.2) is 5.65 Å². The number of rotatable bonds is 3. The number of carbonyl (C=O) groups is 1. The zero-order valence-corrected chi connectivity index (χ0v) is 10.7. The third-order valence-electron chi connectivity index (χ3n) is 2.64. The molecule has 0 aliphatic rings. The molecule has 0 fully saturated rings. The van der Waals surface area contributed by atoms with Crippen molar-refractivity contribution in [2.45, 2.75) is 0 Å². The van der Waals surface area contributed by atoms with Gasteiger partial charge < -0.3 is 15.6 Å². The van der Waals surface area contributed by atoms with Crippen LogP contribution in [-0.2, 0) is 0 Å². The lowest BCUT2D eigenvalue weighted by Crippen LogP contribution is -2.06. The maximum Gasteiger partial charge on any atom is 0.409 e. The highest BCUT2D eigenvalue weighted by Gasteiger charge is 2.04. The topological polar surface area (TPSA) is 115 Å². The second kappa shape index (κ2) is 5.00. The van der Waals surface area contributed by atoms with E-state index in [2.05, 4.69) is 15.4 Å². The second-order valence-corrected chi connectivity index (χ2v) is 4.20. The third-order valence-corrected chi connectivity index (χ3v) is 2.64. The molecule has 0 bridgehead atoms. The molecule has 2 aromatic heterocycles. The summed E-state index contributed by atoms with van der Waals surface area (Å²) in [6.07, 6.45) is 0.502. The number of ether oxygens (including phenoxy) is 1. The Hall–Kier alpha value is -3.29. The Bertz CT molecular complexity index is 814. The van der Waals surface area contributed by atoms with Crippen molar-refractivity contribution < 1.29 is 14.6 Å². The lowest BCUT2D eigenvalue weighted by molar-refractivity contribution is 0.210. The van der Waals surface area contributed by atoms with Crippen LogP contribution in [0.4, 0.5) is 16.4 Å². The molecule has 0 saturated carbocycles. The summed E-state index contributed by atoms with van der Waals surface area (Å²) in [6.45, 7) is 0. The van der Waals surface area contributed by atoms with Gasteiger partial charge in [-0.1, -0.05) is 6.07 Å². The van der Waals surface area contributed by atoms with Crippen LogP contribution in [0.25, 0.3) is 5.65 Å². The summed E-state index contributed by atoms with van der Waals surface area (Å²) in [6, 6.07) is 10.1. The molecule has 0 unspecified atom stereocenters. The van der Waals surface area contributed by atoms with Gasteiger partial charge in [-0.3, -0.25) is 5.32 Å². The van der Waals surface area contributed by atoms with E-state index in [1.54, 1.807) is 42.6 Å². The molecule has 4 N–H and O–H groups in total. The molecule has 0 aliphatic carbocycles. The highest BCUT2D eigenvalue weighted by molar-refractivity contribution is 5.83. The number of amides is 1. The fourth-order valence-corrected chi connectivity index (χ4v) is 1.84. The lowest BCUT2D eigenvalue weighted by atomic mass is 10.3. The summed E-state index contributed by atoms with van der Waals surface area (Å²) in [5.41, 5.74) is 6.55. The van der Waals surface area contributed by atoms with Crippen LogP contribution in [0.15, 0.2) is 42.6 Å². The van der Waals surface area contributed by atoms with Gasteiger partial charge >= 0.3 is 6.09 Å². The number of carboxylic acid groups (broad SMARTS) is 1. The van der Waals surface area contributed by atoms with Crippen LogP contribution in [0.1, 0.15) is 0 Å². The zero-order chi connectivity index (χ0) is 14.8. The molecule has 2 heterocycles. The molecular formula is C13H11N5O3. The van der Waals surface area contributed by atoms with E-state index in [9.17, 15) is 4.79 Å². The van der Waals surface area contributed by atoms with E-state index in [1.165, 1.54) is 4.52 Å². The Balaban J connectivity index is 1.85. The number of nitrogens with one attached hydrogen (secondary N) is 1. The van der Waals surface area contributed by atoms with Gasteiger partial charge in [0.1, 0.15) is 11.5 Å². The van der Waals surface area contributed by atoms with E-state index in [1.807, 2.05) is 0 Å². The first-order chi connectivity index (χ1) is 10.1. The Kier molecular flexibility index (Phi) is 3.03. The molecule has 8 nitrogen and oxygen atoms in total. The quantitative estimate of drug-likeness (QED) is 0.679. The number of benzene rings is 1. The number of anilines is 2. The summed E-state index contributed by atoms with van der Waals surface area (Å²) >= 11 is 0. The van der Waals surface area contributed by atoms with Crippen molar-refractivity contribution in [3.63, 3.8) is 0 Å². The number of aromatic nitrogens is 3. The van der Waals surface area contributed by atoms with E-state index in [4.69, 9.17) is 15.6 Å². The Morgan fingerprint density at radius 3 is 2.95 bits per heavy atom. The molecule has 3 rings (SSSR count). The lowest BCUT2D eigenvalue weighted by Gasteiger charge is -2.07. The van der Waals surface area contributed by atoms with Gasteiger partial charge in [0.05, 0.1) is 6.20 Å². The van der Waals surface area contributed by atoms with Gasteiger partial charge in [0.2, 0.25) is 5.95 Å². The van der Waals surface area contributed by atoms with Crippen LogP contribution in [-0.4, -0.2) is 25.8 Å². The van der Waals surface area contributed by atoms with Crippen molar-refractivity contribution in [1.82, 2.24) is 14.6 Å². The largest absolute Gasteiger partial charge is 0.465 e.